The molecule has 0 unspecified atom stereocenters. The molecule has 4 aromatic rings. The highest BCUT2D eigenvalue weighted by atomic mass is 32.1. The van der Waals surface area contributed by atoms with Crippen molar-refractivity contribution in [2.45, 2.75) is 6.92 Å². The number of H-pyrrole nitrogens is 1. The van der Waals surface area contributed by atoms with E-state index in [1.807, 2.05) is 18.4 Å². The molecule has 7 heteroatoms. The molecule has 0 aliphatic heterocycles. The number of nitrogens with one attached hydrogen (secondary N) is 2. The van der Waals surface area contributed by atoms with Gasteiger partial charge in [0.2, 0.25) is 0 Å². The lowest BCUT2D eigenvalue weighted by Crippen LogP contribution is -2.11. The molecular weight excluding hydrogens is 356 g/mol. The third kappa shape index (κ3) is 2.97. The highest BCUT2D eigenvalue weighted by Gasteiger charge is 2.13. The van der Waals surface area contributed by atoms with Gasteiger partial charge in [0.15, 0.2) is 11.6 Å². The minimum Gasteiger partial charge on any atom is -0.359 e. The van der Waals surface area contributed by atoms with Gasteiger partial charge in [-0.25, -0.2) is 13.8 Å². The molecule has 2 aromatic carbocycles. The maximum absolute atomic E-state index is 13.5. The zero-order valence-electron chi connectivity index (χ0n) is 13.6. The third-order valence-corrected chi connectivity index (χ3v) is 4.78. The first-order valence-electron chi connectivity index (χ1n) is 7.81. The van der Waals surface area contributed by atoms with Crippen molar-refractivity contribution in [2.24, 2.45) is 0 Å². The summed E-state index contributed by atoms with van der Waals surface area (Å²) in [5.74, 6) is -2.25. The smallest absolute Gasteiger partial charge is 0.255 e. The summed E-state index contributed by atoms with van der Waals surface area (Å²) in [5, 5.41) is 6.02. The average Bonchev–Trinajstić information content (AvgIpc) is 3.22. The lowest BCUT2D eigenvalue weighted by molar-refractivity contribution is 0.102. The second kappa shape index (κ2) is 6.34. The number of amides is 1. The van der Waals surface area contributed by atoms with E-state index < -0.39 is 11.6 Å². The summed E-state index contributed by atoms with van der Waals surface area (Å²) < 4.78 is 26.8. The van der Waals surface area contributed by atoms with Crippen LogP contribution < -0.4 is 5.32 Å². The number of aromatic nitrogens is 2. The first-order chi connectivity index (χ1) is 12.5. The Hall–Kier alpha value is -3.06. The molecule has 0 aliphatic rings. The summed E-state index contributed by atoms with van der Waals surface area (Å²) in [6.45, 7) is 1.92. The van der Waals surface area contributed by atoms with Gasteiger partial charge in [0.1, 0.15) is 0 Å². The number of rotatable bonds is 3. The summed E-state index contributed by atoms with van der Waals surface area (Å²) >= 11 is 1.54. The van der Waals surface area contributed by atoms with Gasteiger partial charge in [-0.15, -0.1) is 11.3 Å². The van der Waals surface area contributed by atoms with E-state index >= 15 is 0 Å². The number of benzene rings is 2. The van der Waals surface area contributed by atoms with Crippen LogP contribution >= 0.6 is 11.3 Å². The van der Waals surface area contributed by atoms with Crippen molar-refractivity contribution in [1.29, 1.82) is 0 Å². The van der Waals surface area contributed by atoms with Gasteiger partial charge in [-0.3, -0.25) is 4.79 Å². The first kappa shape index (κ1) is 16.4. The van der Waals surface area contributed by atoms with Crippen LogP contribution in [0.3, 0.4) is 0 Å². The first-order valence-corrected chi connectivity index (χ1v) is 8.69. The molecule has 4 rings (SSSR count). The van der Waals surface area contributed by atoms with Crippen LogP contribution in [0.2, 0.25) is 0 Å². The van der Waals surface area contributed by atoms with Crippen LogP contribution in [0.1, 0.15) is 15.4 Å². The fraction of sp³-hybridized carbons (Fsp3) is 0.0526. The maximum atomic E-state index is 13.5. The number of anilines is 1. The van der Waals surface area contributed by atoms with Crippen molar-refractivity contribution in [3.63, 3.8) is 0 Å². The van der Waals surface area contributed by atoms with Crippen LogP contribution in [-0.2, 0) is 0 Å². The number of thiazole rings is 1. The summed E-state index contributed by atoms with van der Waals surface area (Å²) in [7, 11) is 0. The Morgan fingerprint density at radius 3 is 2.77 bits per heavy atom. The predicted octanol–water partition coefficient (Wildman–Crippen LogP) is 5.13. The zero-order chi connectivity index (χ0) is 18.3. The van der Waals surface area contributed by atoms with Crippen LogP contribution in [0.15, 0.2) is 48.0 Å². The Labute approximate surface area is 151 Å². The molecule has 0 fully saturated rings. The Balaban J connectivity index is 1.64. The monoisotopic (exact) mass is 369 g/mol. The lowest BCUT2D eigenvalue weighted by atomic mass is 10.1. The molecule has 0 saturated carbocycles. The van der Waals surface area contributed by atoms with E-state index in [4.69, 9.17) is 0 Å². The summed E-state index contributed by atoms with van der Waals surface area (Å²) in [5.41, 5.74) is 2.90. The van der Waals surface area contributed by atoms with E-state index in [0.717, 1.165) is 28.4 Å². The van der Waals surface area contributed by atoms with E-state index in [9.17, 15) is 13.6 Å². The second-order valence-electron chi connectivity index (χ2n) is 5.80. The molecule has 0 aliphatic carbocycles. The maximum Gasteiger partial charge on any atom is 0.255 e. The number of hydrogen-bond acceptors (Lipinski definition) is 3. The number of aryl methyl sites for hydroxylation is 1. The van der Waals surface area contributed by atoms with Crippen molar-refractivity contribution in [3.8, 4) is 11.3 Å². The average molecular weight is 369 g/mol. The standard InChI is InChI=1S/C19H13F2N3OS/c1-10-23-18(9-26-10)11-3-2-4-12(5-11)19(25)24-17-8-22-16-7-15(21)14(20)6-13(16)17/h2-9,22H,1H3,(H,24,25). The van der Waals surface area contributed by atoms with Gasteiger partial charge in [-0.2, -0.15) is 0 Å². The molecule has 2 aromatic heterocycles. The van der Waals surface area contributed by atoms with Crippen molar-refractivity contribution < 1.29 is 13.6 Å². The van der Waals surface area contributed by atoms with Crippen LogP contribution in [0.5, 0.6) is 0 Å². The van der Waals surface area contributed by atoms with Crippen LogP contribution in [0.4, 0.5) is 14.5 Å². The quantitative estimate of drug-likeness (QED) is 0.526. The predicted molar refractivity (Wildman–Crippen MR) is 98.5 cm³/mol. The molecule has 0 radical (unpaired) electrons. The van der Waals surface area contributed by atoms with Gasteiger partial charge in [0, 0.05) is 34.2 Å². The number of nitrogens with zero attached hydrogens (tertiary/aromatic N) is 1. The minimum absolute atomic E-state index is 0.343. The topological polar surface area (TPSA) is 57.8 Å². The molecule has 4 nitrogen and oxygen atoms in total. The molecule has 0 atom stereocenters. The number of aromatic amines is 1. The Bertz CT molecular complexity index is 1130. The highest BCUT2D eigenvalue weighted by molar-refractivity contribution is 7.09. The van der Waals surface area contributed by atoms with Gasteiger partial charge < -0.3 is 10.3 Å². The second-order valence-corrected chi connectivity index (χ2v) is 6.86. The highest BCUT2D eigenvalue weighted by Crippen LogP contribution is 2.27. The van der Waals surface area contributed by atoms with Crippen LogP contribution in [-0.4, -0.2) is 15.9 Å². The Morgan fingerprint density at radius 2 is 2.00 bits per heavy atom. The van der Waals surface area contributed by atoms with Crippen molar-refractivity contribution in [1.82, 2.24) is 9.97 Å². The molecule has 0 saturated heterocycles. The summed E-state index contributed by atoms with van der Waals surface area (Å²) in [6.07, 6.45) is 1.51. The van der Waals surface area contributed by atoms with E-state index in [-0.39, 0.29) is 5.91 Å². The van der Waals surface area contributed by atoms with E-state index in [1.54, 1.807) is 18.2 Å². The Morgan fingerprint density at radius 1 is 1.19 bits per heavy atom. The van der Waals surface area contributed by atoms with Crippen molar-refractivity contribution in [3.05, 3.63) is 70.2 Å². The van der Waals surface area contributed by atoms with Crippen molar-refractivity contribution in [2.75, 3.05) is 5.32 Å². The SMILES string of the molecule is Cc1nc(-c2cccc(C(=O)Nc3c[nH]c4cc(F)c(F)cc34)c2)cs1. The van der Waals surface area contributed by atoms with Crippen LogP contribution in [0.25, 0.3) is 22.2 Å². The van der Waals surface area contributed by atoms with E-state index in [1.165, 1.54) is 17.5 Å². The third-order valence-electron chi connectivity index (χ3n) is 4.01. The van der Waals surface area contributed by atoms with Gasteiger partial charge in [0.25, 0.3) is 5.91 Å². The molecule has 130 valence electrons. The fourth-order valence-corrected chi connectivity index (χ4v) is 3.35. The number of fused-ring (bicyclic) bond motifs is 1. The molecule has 0 bridgehead atoms. The minimum atomic E-state index is -0.964. The van der Waals surface area contributed by atoms with Gasteiger partial charge in [-0.05, 0) is 25.1 Å². The largest absolute Gasteiger partial charge is 0.359 e. The number of carbonyl (C=O) groups excluding carboxylic acids is 1. The number of hydrogen-bond donors (Lipinski definition) is 2. The van der Waals surface area contributed by atoms with Gasteiger partial charge in [-0.1, -0.05) is 12.1 Å². The molecule has 1 amide bonds. The fourth-order valence-electron chi connectivity index (χ4n) is 2.73. The van der Waals surface area contributed by atoms with Gasteiger partial charge >= 0.3 is 0 Å². The number of carbonyl (C=O) groups is 1. The summed E-state index contributed by atoms with van der Waals surface area (Å²) in [4.78, 5) is 19.8. The zero-order valence-corrected chi connectivity index (χ0v) is 14.5. The lowest BCUT2D eigenvalue weighted by Gasteiger charge is -2.06. The summed E-state index contributed by atoms with van der Waals surface area (Å²) in [6, 6.07) is 9.22. The number of halogens is 2. The molecule has 2 N–H and O–H groups in total. The molecule has 2 heterocycles. The Kier molecular flexibility index (Phi) is 4.00. The van der Waals surface area contributed by atoms with Crippen LogP contribution in [0, 0.1) is 18.6 Å². The molecule has 26 heavy (non-hydrogen) atoms. The molecule has 0 spiro atoms. The van der Waals surface area contributed by atoms with Crippen molar-refractivity contribution >= 4 is 33.8 Å². The van der Waals surface area contributed by atoms with Gasteiger partial charge in [0.05, 0.1) is 21.9 Å². The van der Waals surface area contributed by atoms with E-state index in [0.29, 0.717) is 22.2 Å². The molecular formula is C19H13F2N3OS. The normalized spacial score (nSPS) is 11.0. The van der Waals surface area contributed by atoms with E-state index in [2.05, 4.69) is 15.3 Å².